The van der Waals surface area contributed by atoms with Crippen molar-refractivity contribution in [3.05, 3.63) is 43.4 Å². The standard InChI is InChI=1S/C9H13/c1-4-7-8-9(5-2)6-3/h4-5,7-8H,1-2,6H2,3H3/b9-8+. The minimum absolute atomic E-state index is 1.04. The molecule has 0 aliphatic carbocycles. The van der Waals surface area contributed by atoms with Crippen molar-refractivity contribution in [2.75, 3.05) is 0 Å². The molecule has 0 aliphatic heterocycles. The molecule has 0 amide bonds. The van der Waals surface area contributed by atoms with Crippen molar-refractivity contribution in [3.8, 4) is 0 Å². The van der Waals surface area contributed by atoms with Crippen LogP contribution in [0.3, 0.4) is 0 Å². The third-order valence-electron chi connectivity index (χ3n) is 1.12. The lowest BCUT2D eigenvalue weighted by Crippen LogP contribution is -1.71. The van der Waals surface area contributed by atoms with Crippen LogP contribution in [0.5, 0.6) is 0 Å². The number of rotatable bonds is 4. The number of hydrogen-bond acceptors (Lipinski definition) is 0. The minimum Gasteiger partial charge on any atom is -0.102 e. The van der Waals surface area contributed by atoms with Crippen LogP contribution in [-0.2, 0) is 0 Å². The van der Waals surface area contributed by atoms with Crippen LogP contribution >= 0.6 is 0 Å². The first-order valence-corrected chi connectivity index (χ1v) is 3.12. The van der Waals surface area contributed by atoms with E-state index in [2.05, 4.69) is 20.1 Å². The Labute approximate surface area is 57.6 Å². The molecular formula is C9H13. The van der Waals surface area contributed by atoms with Crippen molar-refractivity contribution in [2.24, 2.45) is 0 Å². The molecule has 0 aromatic rings. The Morgan fingerprint density at radius 3 is 2.44 bits per heavy atom. The van der Waals surface area contributed by atoms with E-state index in [-0.39, 0.29) is 0 Å². The maximum absolute atomic E-state index is 3.66. The van der Waals surface area contributed by atoms with Crippen LogP contribution in [0, 0.1) is 6.42 Å². The molecule has 0 saturated heterocycles. The van der Waals surface area contributed by atoms with Gasteiger partial charge in [-0.2, -0.15) is 0 Å². The smallest absolute Gasteiger partial charge is 0.00474 e. The molecule has 0 saturated carbocycles. The number of allylic oxidation sites excluding steroid dienone is 4. The van der Waals surface area contributed by atoms with E-state index < -0.39 is 0 Å². The van der Waals surface area contributed by atoms with Gasteiger partial charge in [0.15, 0.2) is 0 Å². The second-order valence-corrected chi connectivity index (χ2v) is 1.73. The van der Waals surface area contributed by atoms with Gasteiger partial charge < -0.3 is 0 Å². The minimum atomic E-state index is 1.04. The zero-order valence-corrected chi connectivity index (χ0v) is 5.93. The molecule has 49 valence electrons. The summed E-state index contributed by atoms with van der Waals surface area (Å²) < 4.78 is 0. The summed E-state index contributed by atoms with van der Waals surface area (Å²) in [4.78, 5) is 0. The molecule has 0 N–H and O–H groups in total. The summed E-state index contributed by atoms with van der Waals surface area (Å²) in [6, 6.07) is 0. The van der Waals surface area contributed by atoms with Gasteiger partial charge in [-0.15, -0.1) is 6.58 Å². The molecule has 1 radical (unpaired) electrons. The van der Waals surface area contributed by atoms with Crippen molar-refractivity contribution in [1.82, 2.24) is 0 Å². The summed E-state index contributed by atoms with van der Waals surface area (Å²) in [7, 11) is 0. The van der Waals surface area contributed by atoms with Gasteiger partial charge in [0.1, 0.15) is 0 Å². The average Bonchev–Trinajstić information content (AvgIpc) is 1.91. The van der Waals surface area contributed by atoms with E-state index in [4.69, 9.17) is 0 Å². The molecule has 0 spiro atoms. The van der Waals surface area contributed by atoms with E-state index in [0.717, 1.165) is 6.42 Å². The maximum atomic E-state index is 3.66. The summed E-state index contributed by atoms with van der Waals surface area (Å²) >= 11 is 0. The molecular weight excluding hydrogens is 108 g/mol. The zero-order valence-electron chi connectivity index (χ0n) is 5.93. The summed E-state index contributed by atoms with van der Waals surface area (Å²) in [6.07, 6.45) is 8.59. The maximum Gasteiger partial charge on any atom is 0.00474 e. The monoisotopic (exact) mass is 121 g/mol. The second-order valence-electron chi connectivity index (χ2n) is 1.73. The van der Waals surface area contributed by atoms with E-state index >= 15 is 0 Å². The second kappa shape index (κ2) is 5.36. The zero-order chi connectivity index (χ0) is 7.11. The van der Waals surface area contributed by atoms with E-state index in [1.165, 1.54) is 5.57 Å². The van der Waals surface area contributed by atoms with Crippen LogP contribution in [0.4, 0.5) is 0 Å². The van der Waals surface area contributed by atoms with Gasteiger partial charge in [0, 0.05) is 6.42 Å². The lowest BCUT2D eigenvalue weighted by atomic mass is 10.2. The highest BCUT2D eigenvalue weighted by atomic mass is 13.9. The predicted molar refractivity (Wildman–Crippen MR) is 43.1 cm³/mol. The molecule has 0 fully saturated rings. The Bertz CT molecular complexity index is 118. The Balaban J connectivity index is 3.74. The summed E-state index contributed by atoms with van der Waals surface area (Å²) in [5.41, 5.74) is 1.25. The number of hydrogen-bond donors (Lipinski definition) is 0. The molecule has 0 heteroatoms. The van der Waals surface area contributed by atoms with E-state index in [1.807, 2.05) is 18.6 Å². The van der Waals surface area contributed by atoms with E-state index in [0.29, 0.717) is 0 Å². The highest BCUT2D eigenvalue weighted by Gasteiger charge is 1.81. The van der Waals surface area contributed by atoms with Crippen molar-refractivity contribution >= 4 is 0 Å². The molecule has 0 nitrogen and oxygen atoms in total. The largest absolute Gasteiger partial charge is 0.102 e. The molecule has 0 heterocycles. The van der Waals surface area contributed by atoms with Crippen LogP contribution in [0.25, 0.3) is 0 Å². The average molecular weight is 121 g/mol. The van der Waals surface area contributed by atoms with Gasteiger partial charge in [0.2, 0.25) is 0 Å². The fourth-order valence-electron chi connectivity index (χ4n) is 0.522. The first-order chi connectivity index (χ1) is 4.35. The Hall–Kier alpha value is -0.780. The van der Waals surface area contributed by atoms with Crippen LogP contribution in [0.2, 0.25) is 0 Å². The summed E-state index contributed by atoms with van der Waals surface area (Å²) in [5, 5.41) is 0. The van der Waals surface area contributed by atoms with Gasteiger partial charge in [0.25, 0.3) is 0 Å². The van der Waals surface area contributed by atoms with Crippen molar-refractivity contribution in [3.63, 3.8) is 0 Å². The molecule has 0 aliphatic rings. The van der Waals surface area contributed by atoms with Crippen LogP contribution in [0.15, 0.2) is 37.0 Å². The Kier molecular flexibility index (Phi) is 4.89. The van der Waals surface area contributed by atoms with Gasteiger partial charge in [-0.1, -0.05) is 37.3 Å². The third-order valence-corrected chi connectivity index (χ3v) is 1.12. The van der Waals surface area contributed by atoms with Crippen molar-refractivity contribution < 1.29 is 0 Å². The third kappa shape index (κ3) is 3.77. The highest BCUT2D eigenvalue weighted by molar-refractivity contribution is 5.21. The molecule has 0 aromatic carbocycles. The molecule has 0 aromatic heterocycles. The predicted octanol–water partition coefficient (Wildman–Crippen LogP) is 2.90. The summed E-state index contributed by atoms with van der Waals surface area (Å²) in [5.74, 6) is 0. The van der Waals surface area contributed by atoms with Gasteiger partial charge in [-0.3, -0.25) is 0 Å². The Morgan fingerprint density at radius 1 is 1.44 bits per heavy atom. The molecule has 0 unspecified atom stereocenters. The van der Waals surface area contributed by atoms with Gasteiger partial charge in [0.05, 0.1) is 0 Å². The van der Waals surface area contributed by atoms with Crippen LogP contribution < -0.4 is 0 Å². The van der Waals surface area contributed by atoms with Crippen molar-refractivity contribution in [2.45, 2.75) is 13.3 Å². The fraction of sp³-hybridized carbons (Fsp3) is 0.222. The normalized spacial score (nSPS) is 11.0. The van der Waals surface area contributed by atoms with E-state index in [9.17, 15) is 0 Å². The SMILES string of the molecule is C=C[CH]/C=C(\C=C)CC. The molecule has 9 heavy (non-hydrogen) atoms. The highest BCUT2D eigenvalue weighted by Crippen LogP contribution is 2.01. The first kappa shape index (κ1) is 8.22. The van der Waals surface area contributed by atoms with Crippen molar-refractivity contribution in [1.29, 1.82) is 0 Å². The quantitative estimate of drug-likeness (QED) is 0.502. The lowest BCUT2D eigenvalue weighted by Gasteiger charge is -1.91. The topological polar surface area (TPSA) is 0 Å². The summed E-state index contributed by atoms with van der Waals surface area (Å²) in [6.45, 7) is 9.33. The Morgan fingerprint density at radius 2 is 2.11 bits per heavy atom. The van der Waals surface area contributed by atoms with Gasteiger partial charge in [-0.25, -0.2) is 0 Å². The molecule has 0 rings (SSSR count). The molecule has 0 bridgehead atoms. The molecule has 0 atom stereocenters. The first-order valence-electron chi connectivity index (χ1n) is 3.12. The fourth-order valence-corrected chi connectivity index (χ4v) is 0.522. The van der Waals surface area contributed by atoms with Gasteiger partial charge >= 0.3 is 0 Å². The lowest BCUT2D eigenvalue weighted by molar-refractivity contribution is 1.15. The van der Waals surface area contributed by atoms with Crippen LogP contribution in [-0.4, -0.2) is 0 Å². The van der Waals surface area contributed by atoms with E-state index in [1.54, 1.807) is 6.08 Å². The van der Waals surface area contributed by atoms with Crippen LogP contribution in [0.1, 0.15) is 13.3 Å². The van der Waals surface area contributed by atoms with Gasteiger partial charge in [-0.05, 0) is 6.42 Å².